The van der Waals surface area contributed by atoms with Gasteiger partial charge in [-0.15, -0.1) is 20.4 Å². The predicted molar refractivity (Wildman–Crippen MR) is 254 cm³/mol. The third-order valence-electron chi connectivity index (χ3n) is 6.60. The van der Waals surface area contributed by atoms with Gasteiger partial charge in [-0.25, -0.2) is 39.9 Å². The van der Waals surface area contributed by atoms with Crippen molar-refractivity contribution in [2.75, 3.05) is 81.5 Å². The molecular formula is C32H41Br6N18NaOS2. The van der Waals surface area contributed by atoms with Crippen LogP contribution in [0.3, 0.4) is 0 Å². The van der Waals surface area contributed by atoms with Gasteiger partial charge in [0.25, 0.3) is 0 Å². The number of nitrogen functional groups attached to an aromatic ring is 1. The van der Waals surface area contributed by atoms with E-state index in [1.807, 2.05) is 0 Å². The van der Waals surface area contributed by atoms with Crippen molar-refractivity contribution >= 4 is 140 Å². The first-order valence-electron chi connectivity index (χ1n) is 17.4. The summed E-state index contributed by atoms with van der Waals surface area (Å²) in [5, 5.41) is 28.4. The Morgan fingerprint density at radius 1 is 0.567 bits per heavy atom. The zero-order valence-electron chi connectivity index (χ0n) is 33.1. The number of hydrogen-bond donors (Lipinski definition) is 5. The first kappa shape index (κ1) is 54.7. The van der Waals surface area contributed by atoms with Crippen LogP contribution < -0.4 is 61.5 Å². The Labute approximate surface area is 429 Å². The summed E-state index contributed by atoms with van der Waals surface area (Å²) in [4.78, 5) is 34.3. The van der Waals surface area contributed by atoms with Crippen molar-refractivity contribution in [2.24, 2.45) is 0 Å². The van der Waals surface area contributed by atoms with Gasteiger partial charge in [0.1, 0.15) is 44.5 Å². The molecule has 3 aliphatic heterocycles. The Bertz CT molecular complexity index is 1790. The van der Waals surface area contributed by atoms with Gasteiger partial charge in [-0.2, -0.15) is 0 Å². The molecule has 0 bridgehead atoms. The van der Waals surface area contributed by atoms with Gasteiger partial charge in [0.15, 0.2) is 5.82 Å². The average molecular weight is 1260 g/mol. The van der Waals surface area contributed by atoms with Crippen LogP contribution in [0.15, 0.2) is 88.2 Å². The molecule has 3 fully saturated rings. The standard InChI is InChI=1S/C8H11BrN4.C6H4BrN5S.2C4H2Br2N2.C4H10N2.C4H8O.C2H3N3S.Na.H/c9-7-5-12-8(6-11-7)13-3-1-10-2-4-13;7-4-1-9-5(2-8-4)11-6-12-10-3-13-6;2*5-3-1-7-4(6)2-8-3;1-2-6-4-3-5-1;1-2-4-5-3-1;3-2-5-4-1-6-2;;/h5-6,10H,1-4H2;1-3H,(H,9,11,12);2*1-2H;5-6H,1-4H2;1-4H2;1H,(H2,3,5);;/q;;;;;;;+1;-1. The average Bonchev–Trinajstić information content (AvgIpc) is 4.11. The number of piperazine rings is 2. The van der Waals surface area contributed by atoms with E-state index in [-0.39, 0.29) is 31.0 Å². The summed E-state index contributed by atoms with van der Waals surface area (Å²) in [5.74, 6) is 1.62. The fraction of sp³-hybridized carbons (Fsp3) is 0.375. The maximum absolute atomic E-state index is 5.12. The Hall–Kier alpha value is -1.44. The Kier molecular flexibility index (Phi) is 31.9. The number of hydrogen-bond acceptors (Lipinski definition) is 21. The van der Waals surface area contributed by atoms with E-state index in [0.29, 0.717) is 20.7 Å². The van der Waals surface area contributed by atoms with Crippen LogP contribution in [0.4, 0.5) is 21.9 Å². The number of nitrogens with zero attached hydrogens (tertiary/aromatic N) is 13. The van der Waals surface area contributed by atoms with Crippen molar-refractivity contribution in [3.63, 3.8) is 0 Å². The van der Waals surface area contributed by atoms with Crippen LogP contribution >= 0.6 is 118 Å². The molecule has 6 N–H and O–H groups in total. The van der Waals surface area contributed by atoms with E-state index in [1.54, 1.807) is 60.6 Å². The second-order valence-corrected chi connectivity index (χ2v) is 17.5. The summed E-state index contributed by atoms with van der Waals surface area (Å²) in [6, 6.07) is 0. The van der Waals surface area contributed by atoms with E-state index in [4.69, 9.17) is 10.5 Å². The molecule has 60 heavy (non-hydrogen) atoms. The quantitative estimate of drug-likeness (QED) is 0.159. The number of rotatable bonds is 3. The molecule has 0 aromatic carbocycles. The summed E-state index contributed by atoms with van der Waals surface area (Å²) in [6.07, 6.45) is 15.8. The molecule has 320 valence electrons. The van der Waals surface area contributed by atoms with Crippen molar-refractivity contribution in [1.82, 2.24) is 76.2 Å². The van der Waals surface area contributed by atoms with E-state index < -0.39 is 0 Å². The fourth-order valence-corrected chi connectivity index (χ4v) is 5.94. The second kappa shape index (κ2) is 35.0. The molecule has 9 rings (SSSR count). The zero-order chi connectivity index (χ0) is 42.3. The fourth-order valence-electron chi connectivity index (χ4n) is 3.97. The summed E-state index contributed by atoms with van der Waals surface area (Å²) in [7, 11) is 0. The van der Waals surface area contributed by atoms with Gasteiger partial charge >= 0.3 is 29.6 Å². The number of halogens is 6. The molecule has 6 aromatic rings. The molecule has 0 unspecified atom stereocenters. The summed E-state index contributed by atoms with van der Waals surface area (Å²) < 4.78 is 9.43. The van der Waals surface area contributed by atoms with Gasteiger partial charge < -0.3 is 38.1 Å². The normalized spacial score (nSPS) is 13.7. The predicted octanol–water partition coefficient (Wildman–Crippen LogP) is 3.70. The van der Waals surface area contributed by atoms with Crippen molar-refractivity contribution in [3.8, 4) is 0 Å². The molecule has 9 heterocycles. The third-order valence-corrected chi connectivity index (χ3v) is 10.2. The van der Waals surface area contributed by atoms with E-state index in [1.165, 1.54) is 35.5 Å². The molecule has 6 aromatic heterocycles. The monoisotopic (exact) mass is 1250 g/mol. The largest absolute Gasteiger partial charge is 1.00 e. The van der Waals surface area contributed by atoms with Gasteiger partial charge in [0, 0.05) is 65.6 Å². The first-order chi connectivity index (χ1) is 28.7. The first-order valence-corrected chi connectivity index (χ1v) is 23.9. The van der Waals surface area contributed by atoms with Crippen LogP contribution in [0.25, 0.3) is 0 Å². The molecule has 28 heteroatoms. The van der Waals surface area contributed by atoms with Crippen molar-refractivity contribution in [3.05, 3.63) is 88.2 Å². The van der Waals surface area contributed by atoms with Crippen LogP contribution in [0.1, 0.15) is 14.3 Å². The number of nitrogens with one attached hydrogen (secondary N) is 4. The van der Waals surface area contributed by atoms with E-state index in [9.17, 15) is 0 Å². The van der Waals surface area contributed by atoms with E-state index in [2.05, 4.69) is 182 Å². The molecule has 0 spiro atoms. The minimum atomic E-state index is 0. The van der Waals surface area contributed by atoms with Gasteiger partial charge in [-0.3, -0.25) is 0 Å². The zero-order valence-corrected chi connectivity index (χ0v) is 45.3. The van der Waals surface area contributed by atoms with Crippen molar-refractivity contribution < 1.29 is 35.7 Å². The SMILES string of the molecule is Brc1cnc(Br)cn1.Brc1cnc(Br)cn1.Brc1cnc(N2CCNCC2)cn1.Brc1cnc(Nc2nncs2)cn1.C1CCOC1.C1CNCCN1.Nc1nncs1.[H-].[Na+]. The number of ether oxygens (including phenoxy) is 1. The van der Waals surface area contributed by atoms with Crippen LogP contribution in [0.5, 0.6) is 0 Å². The molecule has 0 aliphatic carbocycles. The summed E-state index contributed by atoms with van der Waals surface area (Å²) in [5.41, 5.74) is 8.36. The van der Waals surface area contributed by atoms with Crippen LogP contribution in [-0.2, 0) is 4.74 Å². The third kappa shape index (κ3) is 27.6. The maximum Gasteiger partial charge on any atom is 1.00 e. The van der Waals surface area contributed by atoms with Crippen LogP contribution in [0, 0.1) is 0 Å². The van der Waals surface area contributed by atoms with Gasteiger partial charge in [-0.1, -0.05) is 22.7 Å². The van der Waals surface area contributed by atoms with E-state index >= 15 is 0 Å². The maximum atomic E-state index is 5.12. The topological polar surface area (TPSA) is 241 Å². The van der Waals surface area contributed by atoms with Crippen LogP contribution in [-0.4, -0.2) is 126 Å². The van der Waals surface area contributed by atoms with Gasteiger partial charge in [0.2, 0.25) is 10.3 Å². The molecular weight excluding hydrogens is 1220 g/mol. The minimum Gasteiger partial charge on any atom is -1.00 e. The molecule has 3 saturated heterocycles. The van der Waals surface area contributed by atoms with Crippen LogP contribution in [0.2, 0.25) is 0 Å². The van der Waals surface area contributed by atoms with Crippen molar-refractivity contribution in [2.45, 2.75) is 12.8 Å². The molecule has 0 atom stereocenters. The molecule has 3 aliphatic rings. The van der Waals surface area contributed by atoms with Gasteiger partial charge in [0.05, 0.1) is 49.6 Å². The molecule has 0 amide bonds. The Morgan fingerprint density at radius 3 is 1.32 bits per heavy atom. The number of anilines is 4. The second-order valence-electron chi connectivity index (χ2n) is 10.9. The molecule has 0 saturated carbocycles. The Morgan fingerprint density at radius 2 is 1.00 bits per heavy atom. The minimum absolute atomic E-state index is 0. The number of aromatic nitrogens is 12. The molecule has 19 nitrogen and oxygen atoms in total. The smallest absolute Gasteiger partial charge is 1.00 e. The van der Waals surface area contributed by atoms with E-state index in [0.717, 1.165) is 94.4 Å². The molecule has 0 radical (unpaired) electrons. The van der Waals surface area contributed by atoms with Crippen molar-refractivity contribution in [1.29, 1.82) is 0 Å². The van der Waals surface area contributed by atoms with Gasteiger partial charge in [-0.05, 0) is 108 Å². The summed E-state index contributed by atoms with van der Waals surface area (Å²) in [6.45, 7) is 10.6. The number of nitrogens with two attached hydrogens (primary N) is 1. The Balaban J connectivity index is 0.000000364. The summed E-state index contributed by atoms with van der Waals surface area (Å²) >= 11 is 21.8.